The molecule has 0 radical (unpaired) electrons. The number of hydrogen-bond acceptors (Lipinski definition) is 6. The zero-order chi connectivity index (χ0) is 22.2. The van der Waals surface area contributed by atoms with Crippen molar-refractivity contribution in [1.29, 1.82) is 0 Å². The van der Waals surface area contributed by atoms with Crippen LogP contribution in [0.4, 0.5) is 11.4 Å². The summed E-state index contributed by atoms with van der Waals surface area (Å²) in [6.07, 6.45) is 4.14. The molecule has 170 valence electrons. The summed E-state index contributed by atoms with van der Waals surface area (Å²) >= 11 is 1.74. The topological polar surface area (TPSA) is 56.8 Å². The number of thioether (sulfide) groups is 1. The lowest BCUT2D eigenvalue weighted by Crippen LogP contribution is -2.46. The molecule has 2 aromatic carbocycles. The summed E-state index contributed by atoms with van der Waals surface area (Å²) < 4.78 is 0. The molecular formula is C25H32N4O2S. The van der Waals surface area contributed by atoms with Crippen LogP contribution in [0.1, 0.15) is 18.4 Å². The molecule has 0 unspecified atom stereocenters. The van der Waals surface area contributed by atoms with E-state index < -0.39 is 0 Å². The van der Waals surface area contributed by atoms with Crippen LogP contribution in [0, 0.1) is 0 Å². The second-order valence-electron chi connectivity index (χ2n) is 8.14. The Hall–Kier alpha value is -2.48. The van der Waals surface area contributed by atoms with Gasteiger partial charge in [0.25, 0.3) is 0 Å². The predicted molar refractivity (Wildman–Crippen MR) is 133 cm³/mol. The molecule has 6 nitrogen and oxygen atoms in total. The van der Waals surface area contributed by atoms with E-state index in [4.69, 9.17) is 4.84 Å². The molecule has 0 bridgehead atoms. The first-order chi connectivity index (χ1) is 15.7. The normalized spacial score (nSPS) is 16.3. The number of benzene rings is 2. The fourth-order valence-corrected chi connectivity index (χ4v) is 5.13. The summed E-state index contributed by atoms with van der Waals surface area (Å²) in [4.78, 5) is 23.7. The van der Waals surface area contributed by atoms with E-state index in [1.807, 2.05) is 24.3 Å². The quantitative estimate of drug-likeness (QED) is 0.445. The molecule has 1 saturated heterocycles. The summed E-state index contributed by atoms with van der Waals surface area (Å²) in [5, 5.41) is 3.10. The molecule has 2 aliphatic heterocycles. The van der Waals surface area contributed by atoms with E-state index in [0.717, 1.165) is 74.7 Å². The summed E-state index contributed by atoms with van der Waals surface area (Å²) in [6.45, 7) is 6.01. The maximum Gasteiger partial charge on any atom is 0.248 e. The van der Waals surface area contributed by atoms with Crippen molar-refractivity contribution >= 4 is 35.1 Å². The highest BCUT2D eigenvalue weighted by molar-refractivity contribution is 7.99. The Morgan fingerprint density at radius 1 is 1.06 bits per heavy atom. The molecule has 32 heavy (non-hydrogen) atoms. The average molecular weight is 453 g/mol. The van der Waals surface area contributed by atoms with Gasteiger partial charge in [-0.3, -0.25) is 20.0 Å². The molecule has 0 aliphatic carbocycles. The van der Waals surface area contributed by atoms with E-state index >= 15 is 0 Å². The van der Waals surface area contributed by atoms with Crippen molar-refractivity contribution in [2.75, 3.05) is 62.5 Å². The van der Waals surface area contributed by atoms with Crippen LogP contribution in [0.15, 0.2) is 59.0 Å². The second-order valence-corrected chi connectivity index (χ2v) is 9.16. The number of carbonyl (C=O) groups is 1. The number of piperazine rings is 1. The highest BCUT2D eigenvalue weighted by Crippen LogP contribution is 2.31. The number of hydrogen-bond donors (Lipinski definition) is 2. The highest BCUT2D eigenvalue weighted by atomic mass is 32.2. The number of unbranched alkanes of at least 4 members (excludes halogenated alkanes) is 1. The first kappa shape index (κ1) is 22.7. The molecule has 7 heteroatoms. The third-order valence-corrected chi connectivity index (χ3v) is 7.05. The van der Waals surface area contributed by atoms with Gasteiger partial charge in [0.15, 0.2) is 0 Å². The van der Waals surface area contributed by atoms with Gasteiger partial charge in [-0.15, -0.1) is 11.8 Å². The smallest absolute Gasteiger partial charge is 0.248 e. The number of carbonyl (C=O) groups excluding carboxylic acids is 1. The lowest BCUT2D eigenvalue weighted by atomic mass is 10.1. The van der Waals surface area contributed by atoms with E-state index in [0.29, 0.717) is 0 Å². The minimum Gasteiger partial charge on any atom is -0.369 e. The third kappa shape index (κ3) is 6.06. The first-order valence-electron chi connectivity index (χ1n) is 11.3. The number of nitrogens with one attached hydrogen (secondary N) is 2. The summed E-state index contributed by atoms with van der Waals surface area (Å²) in [5.74, 6) is 0.822. The molecule has 2 aliphatic rings. The van der Waals surface area contributed by atoms with Gasteiger partial charge in [0.05, 0.1) is 12.8 Å². The number of nitrogens with zero attached hydrogens (tertiary/aromatic N) is 2. The monoisotopic (exact) mass is 452 g/mol. The van der Waals surface area contributed by atoms with Gasteiger partial charge < -0.3 is 10.2 Å². The van der Waals surface area contributed by atoms with Crippen LogP contribution in [0.25, 0.3) is 6.08 Å². The van der Waals surface area contributed by atoms with Crippen molar-refractivity contribution in [3.8, 4) is 0 Å². The lowest BCUT2D eigenvalue weighted by Gasteiger charge is -2.36. The fourth-order valence-electron chi connectivity index (χ4n) is 4.14. The number of amides is 1. The third-order valence-electron chi connectivity index (χ3n) is 5.91. The number of anilines is 2. The van der Waals surface area contributed by atoms with Crippen LogP contribution in [0.2, 0.25) is 0 Å². The number of rotatable bonds is 9. The molecule has 2 N–H and O–H groups in total. The van der Waals surface area contributed by atoms with Crippen molar-refractivity contribution in [2.24, 2.45) is 0 Å². The summed E-state index contributed by atoms with van der Waals surface area (Å²) in [7, 11) is 1.63. The van der Waals surface area contributed by atoms with Gasteiger partial charge in [0, 0.05) is 54.6 Å². The number of fused-ring (bicyclic) bond motifs is 1. The van der Waals surface area contributed by atoms with Gasteiger partial charge in [-0.05, 0) is 55.3 Å². The minimum absolute atomic E-state index is 0.0748. The molecule has 0 atom stereocenters. The molecule has 2 aromatic rings. The standard InChI is InChI=1S/C25H32N4O2S/c1-31-27-22-8-6-9-23(18-22)29-15-13-28(14-16-29)12-5-4-11-26-25(30)21-17-20-7-2-3-10-24(20)32-19-21/h2-3,6-10,17-18,27H,4-5,11-16,19H2,1H3,(H,26,30). The van der Waals surface area contributed by atoms with Crippen molar-refractivity contribution in [1.82, 2.24) is 10.2 Å². The summed E-state index contributed by atoms with van der Waals surface area (Å²) in [5.41, 5.74) is 7.12. The van der Waals surface area contributed by atoms with Crippen LogP contribution >= 0.6 is 11.8 Å². The van der Waals surface area contributed by atoms with E-state index in [9.17, 15) is 4.79 Å². The van der Waals surface area contributed by atoms with Crippen molar-refractivity contribution in [2.45, 2.75) is 17.7 Å². The van der Waals surface area contributed by atoms with Crippen molar-refractivity contribution in [3.05, 3.63) is 59.7 Å². The van der Waals surface area contributed by atoms with Crippen molar-refractivity contribution < 1.29 is 9.63 Å². The molecule has 1 fully saturated rings. The minimum atomic E-state index is 0.0748. The van der Waals surface area contributed by atoms with E-state index in [1.165, 1.54) is 10.6 Å². The Morgan fingerprint density at radius 3 is 2.75 bits per heavy atom. The van der Waals surface area contributed by atoms with Gasteiger partial charge in [-0.2, -0.15) is 0 Å². The Balaban J connectivity index is 1.13. The zero-order valence-electron chi connectivity index (χ0n) is 18.7. The molecule has 2 heterocycles. The van der Waals surface area contributed by atoms with Crippen LogP contribution in [-0.2, 0) is 9.63 Å². The van der Waals surface area contributed by atoms with E-state index in [-0.39, 0.29) is 5.91 Å². The molecule has 0 saturated carbocycles. The molecule has 0 spiro atoms. The Bertz CT molecular complexity index is 941. The maximum atomic E-state index is 12.5. The predicted octanol–water partition coefficient (Wildman–Crippen LogP) is 3.87. The molecular weight excluding hydrogens is 420 g/mol. The molecule has 4 rings (SSSR count). The van der Waals surface area contributed by atoms with Gasteiger partial charge in [0.2, 0.25) is 5.91 Å². The maximum absolute atomic E-state index is 12.5. The Labute approximate surface area is 195 Å². The SMILES string of the molecule is CONc1cccc(N2CCN(CCCCNC(=O)C3=Cc4ccccc4SC3)CC2)c1. The highest BCUT2D eigenvalue weighted by Gasteiger charge is 2.18. The second kappa shape index (κ2) is 11.4. The zero-order valence-corrected chi connectivity index (χ0v) is 19.5. The van der Waals surface area contributed by atoms with Crippen LogP contribution in [-0.4, -0.2) is 62.9 Å². The van der Waals surface area contributed by atoms with Gasteiger partial charge in [0.1, 0.15) is 0 Å². The van der Waals surface area contributed by atoms with Crippen LogP contribution in [0.5, 0.6) is 0 Å². The molecule has 1 amide bonds. The summed E-state index contributed by atoms with van der Waals surface area (Å²) in [6, 6.07) is 16.6. The molecule has 0 aromatic heterocycles. The van der Waals surface area contributed by atoms with E-state index in [1.54, 1.807) is 18.9 Å². The largest absolute Gasteiger partial charge is 0.369 e. The van der Waals surface area contributed by atoms with E-state index in [2.05, 4.69) is 50.9 Å². The average Bonchev–Trinajstić information content (AvgIpc) is 2.84. The van der Waals surface area contributed by atoms with Gasteiger partial charge >= 0.3 is 0 Å². The Kier molecular flexibility index (Phi) is 8.09. The van der Waals surface area contributed by atoms with Crippen LogP contribution in [0.3, 0.4) is 0 Å². The van der Waals surface area contributed by atoms with Crippen LogP contribution < -0.4 is 15.7 Å². The lowest BCUT2D eigenvalue weighted by molar-refractivity contribution is -0.117. The van der Waals surface area contributed by atoms with Crippen molar-refractivity contribution in [3.63, 3.8) is 0 Å². The van der Waals surface area contributed by atoms with Gasteiger partial charge in [-0.25, -0.2) is 0 Å². The first-order valence-corrected chi connectivity index (χ1v) is 12.3. The van der Waals surface area contributed by atoms with Gasteiger partial charge in [-0.1, -0.05) is 24.3 Å². The Morgan fingerprint density at radius 2 is 1.91 bits per heavy atom. The fraction of sp³-hybridized carbons (Fsp3) is 0.400.